The van der Waals surface area contributed by atoms with Crippen molar-refractivity contribution in [2.24, 2.45) is 0 Å². The first-order chi connectivity index (χ1) is 8.59. The lowest BCUT2D eigenvalue weighted by molar-refractivity contribution is 0.0993. The van der Waals surface area contributed by atoms with E-state index < -0.39 is 0 Å². The highest BCUT2D eigenvalue weighted by Gasteiger charge is 2.14. The molecule has 3 nitrogen and oxygen atoms in total. The Labute approximate surface area is 105 Å². The molecule has 1 heterocycles. The Kier molecular flexibility index (Phi) is 3.37. The van der Waals surface area contributed by atoms with Crippen molar-refractivity contribution in [1.82, 2.24) is 4.98 Å². The van der Waals surface area contributed by atoms with Crippen LogP contribution < -0.4 is 4.90 Å². The summed E-state index contributed by atoms with van der Waals surface area (Å²) in [5.41, 5.74) is 1.62. The molecule has 1 aromatic carbocycles. The summed E-state index contributed by atoms with van der Waals surface area (Å²) >= 11 is 0. The molecule has 1 aromatic heterocycles. The Morgan fingerprint density at radius 1 is 1.33 bits per heavy atom. The zero-order chi connectivity index (χ0) is 13.1. The van der Waals surface area contributed by atoms with Gasteiger partial charge in [-0.3, -0.25) is 9.78 Å². The second kappa shape index (κ2) is 4.96. The molecule has 0 atom stereocenters. The molecule has 0 aliphatic carbocycles. The molecular formula is C14H13FN2O. The summed E-state index contributed by atoms with van der Waals surface area (Å²) in [6.45, 7) is 1.64. The number of hydrogen-bond acceptors (Lipinski definition) is 2. The number of rotatable bonds is 2. The Bertz CT molecular complexity index is 569. The first kappa shape index (κ1) is 12.2. The molecule has 0 unspecified atom stereocenters. The van der Waals surface area contributed by atoms with Crippen molar-refractivity contribution < 1.29 is 9.18 Å². The summed E-state index contributed by atoms with van der Waals surface area (Å²) in [7, 11) is 1.66. The third-order valence-electron chi connectivity index (χ3n) is 2.74. The lowest BCUT2D eigenvalue weighted by Crippen LogP contribution is -2.26. The third kappa shape index (κ3) is 2.37. The van der Waals surface area contributed by atoms with Gasteiger partial charge in [0.05, 0.1) is 11.9 Å². The normalized spacial score (nSPS) is 10.2. The van der Waals surface area contributed by atoms with Crippen LogP contribution in [0.25, 0.3) is 0 Å². The first-order valence-corrected chi connectivity index (χ1v) is 5.54. The Morgan fingerprint density at radius 2 is 2.11 bits per heavy atom. The van der Waals surface area contributed by atoms with E-state index in [2.05, 4.69) is 4.98 Å². The predicted octanol–water partition coefficient (Wildman–Crippen LogP) is 2.81. The molecule has 0 saturated heterocycles. The SMILES string of the molecule is Cc1cc(C(=O)N(C)c2cccnc2)ccc1F. The number of carbonyl (C=O) groups excluding carboxylic acids is 1. The van der Waals surface area contributed by atoms with Crippen LogP contribution in [0.5, 0.6) is 0 Å². The van der Waals surface area contributed by atoms with Gasteiger partial charge < -0.3 is 4.90 Å². The summed E-state index contributed by atoms with van der Waals surface area (Å²) < 4.78 is 13.2. The molecule has 4 heteroatoms. The van der Waals surface area contributed by atoms with Gasteiger partial charge in [0.25, 0.3) is 5.91 Å². The molecule has 0 aliphatic heterocycles. The van der Waals surface area contributed by atoms with Gasteiger partial charge in [-0.15, -0.1) is 0 Å². The minimum atomic E-state index is -0.310. The molecule has 0 bridgehead atoms. The molecule has 0 fully saturated rings. The van der Waals surface area contributed by atoms with Crippen LogP contribution in [0.3, 0.4) is 0 Å². The molecule has 0 spiro atoms. The molecule has 2 rings (SSSR count). The number of aromatic nitrogens is 1. The van der Waals surface area contributed by atoms with Crippen molar-refractivity contribution in [3.05, 3.63) is 59.7 Å². The molecule has 92 valence electrons. The third-order valence-corrected chi connectivity index (χ3v) is 2.74. The standard InChI is InChI=1S/C14H13FN2O/c1-10-8-11(5-6-13(10)15)14(18)17(2)12-4-3-7-16-9-12/h3-9H,1-2H3. The number of benzene rings is 1. The molecule has 0 saturated carbocycles. The fourth-order valence-electron chi connectivity index (χ4n) is 1.64. The fraction of sp³-hybridized carbons (Fsp3) is 0.143. The van der Waals surface area contributed by atoms with Crippen LogP contribution in [0.15, 0.2) is 42.7 Å². The van der Waals surface area contributed by atoms with Gasteiger partial charge in [0.1, 0.15) is 5.82 Å². The zero-order valence-electron chi connectivity index (χ0n) is 10.2. The van der Waals surface area contributed by atoms with E-state index in [0.717, 1.165) is 0 Å². The van der Waals surface area contributed by atoms with Crippen LogP contribution in [0.2, 0.25) is 0 Å². The molecule has 2 aromatic rings. The summed E-state index contributed by atoms with van der Waals surface area (Å²) in [6.07, 6.45) is 3.25. The van der Waals surface area contributed by atoms with Gasteiger partial charge in [0.2, 0.25) is 0 Å². The molecule has 1 amide bonds. The van der Waals surface area contributed by atoms with Crippen molar-refractivity contribution in [1.29, 1.82) is 0 Å². The van der Waals surface area contributed by atoms with E-state index >= 15 is 0 Å². The average molecular weight is 244 g/mol. The Balaban J connectivity index is 2.29. The molecule has 18 heavy (non-hydrogen) atoms. The van der Waals surface area contributed by atoms with Crippen LogP contribution in [-0.4, -0.2) is 17.9 Å². The van der Waals surface area contributed by atoms with E-state index in [4.69, 9.17) is 0 Å². The summed E-state index contributed by atoms with van der Waals surface area (Å²) in [5.74, 6) is -0.498. The van der Waals surface area contributed by atoms with Crippen molar-refractivity contribution in [3.63, 3.8) is 0 Å². The lowest BCUT2D eigenvalue weighted by Gasteiger charge is -2.17. The molecule has 0 radical (unpaired) electrons. The first-order valence-electron chi connectivity index (χ1n) is 5.54. The number of amides is 1. The number of aryl methyl sites for hydroxylation is 1. The van der Waals surface area contributed by atoms with Gasteiger partial charge in [0, 0.05) is 18.8 Å². The number of hydrogen-bond donors (Lipinski definition) is 0. The molecular weight excluding hydrogens is 231 g/mol. The highest BCUT2D eigenvalue weighted by molar-refractivity contribution is 6.05. The average Bonchev–Trinajstić information content (AvgIpc) is 2.41. The van der Waals surface area contributed by atoms with Gasteiger partial charge in [0.15, 0.2) is 0 Å². The van der Waals surface area contributed by atoms with Crippen molar-refractivity contribution in [3.8, 4) is 0 Å². The summed E-state index contributed by atoms with van der Waals surface area (Å²) in [5, 5.41) is 0. The maximum atomic E-state index is 13.2. The smallest absolute Gasteiger partial charge is 0.258 e. The van der Waals surface area contributed by atoms with E-state index in [1.54, 1.807) is 44.6 Å². The van der Waals surface area contributed by atoms with Gasteiger partial charge >= 0.3 is 0 Å². The Morgan fingerprint density at radius 3 is 2.72 bits per heavy atom. The second-order valence-electron chi connectivity index (χ2n) is 4.04. The number of carbonyl (C=O) groups is 1. The number of anilines is 1. The van der Waals surface area contributed by atoms with Gasteiger partial charge in [-0.25, -0.2) is 4.39 Å². The molecule has 0 aliphatic rings. The van der Waals surface area contributed by atoms with Crippen molar-refractivity contribution >= 4 is 11.6 Å². The van der Waals surface area contributed by atoms with Crippen LogP contribution in [-0.2, 0) is 0 Å². The topological polar surface area (TPSA) is 33.2 Å². The minimum Gasteiger partial charge on any atom is -0.310 e. The lowest BCUT2D eigenvalue weighted by atomic mass is 10.1. The monoisotopic (exact) mass is 244 g/mol. The van der Waals surface area contributed by atoms with Crippen LogP contribution in [0, 0.1) is 12.7 Å². The summed E-state index contributed by atoms with van der Waals surface area (Å²) in [6, 6.07) is 7.89. The highest BCUT2D eigenvalue weighted by atomic mass is 19.1. The van der Waals surface area contributed by atoms with E-state index in [1.165, 1.54) is 17.0 Å². The van der Waals surface area contributed by atoms with Crippen LogP contribution in [0.4, 0.5) is 10.1 Å². The maximum absolute atomic E-state index is 13.2. The predicted molar refractivity (Wildman–Crippen MR) is 68.1 cm³/mol. The fourth-order valence-corrected chi connectivity index (χ4v) is 1.64. The van der Waals surface area contributed by atoms with Crippen LogP contribution in [0.1, 0.15) is 15.9 Å². The van der Waals surface area contributed by atoms with Crippen molar-refractivity contribution in [2.45, 2.75) is 6.92 Å². The largest absolute Gasteiger partial charge is 0.310 e. The van der Waals surface area contributed by atoms with E-state index in [1.807, 2.05) is 0 Å². The van der Waals surface area contributed by atoms with Crippen LogP contribution >= 0.6 is 0 Å². The maximum Gasteiger partial charge on any atom is 0.258 e. The number of nitrogens with zero attached hydrogens (tertiary/aromatic N) is 2. The van der Waals surface area contributed by atoms with Crippen molar-refractivity contribution in [2.75, 3.05) is 11.9 Å². The minimum absolute atomic E-state index is 0.189. The van der Waals surface area contributed by atoms with E-state index in [-0.39, 0.29) is 11.7 Å². The second-order valence-corrected chi connectivity index (χ2v) is 4.04. The highest BCUT2D eigenvalue weighted by Crippen LogP contribution is 2.15. The van der Waals surface area contributed by atoms with E-state index in [0.29, 0.717) is 16.8 Å². The summed E-state index contributed by atoms with van der Waals surface area (Å²) in [4.78, 5) is 17.6. The quantitative estimate of drug-likeness (QED) is 0.813. The molecule has 0 N–H and O–H groups in total. The van der Waals surface area contributed by atoms with E-state index in [9.17, 15) is 9.18 Å². The Hall–Kier alpha value is -2.23. The van der Waals surface area contributed by atoms with Gasteiger partial charge in [-0.2, -0.15) is 0 Å². The van der Waals surface area contributed by atoms with Gasteiger partial charge in [-0.1, -0.05) is 0 Å². The number of pyridine rings is 1. The zero-order valence-corrected chi connectivity index (χ0v) is 10.2. The number of halogens is 1. The van der Waals surface area contributed by atoms with Gasteiger partial charge in [-0.05, 0) is 42.8 Å².